The first-order valence-electron chi connectivity index (χ1n) is 8.49. The Labute approximate surface area is 152 Å². The zero-order valence-corrected chi connectivity index (χ0v) is 15.8. The summed E-state index contributed by atoms with van der Waals surface area (Å²) in [7, 11) is -3.72. The van der Waals surface area contributed by atoms with Gasteiger partial charge in [0.1, 0.15) is 5.75 Å². The monoisotopic (exact) mass is 378 g/mol. The van der Waals surface area contributed by atoms with Crippen LogP contribution in [0, 0.1) is 5.92 Å². The molecule has 2 unspecified atom stereocenters. The van der Waals surface area contributed by atoms with Crippen molar-refractivity contribution in [3.05, 3.63) is 35.7 Å². The molecule has 5 nitrogen and oxygen atoms in total. The van der Waals surface area contributed by atoms with Gasteiger partial charge in [-0.05, 0) is 18.8 Å². The van der Waals surface area contributed by atoms with Crippen LogP contribution >= 0.6 is 11.3 Å². The molecule has 134 valence electrons. The van der Waals surface area contributed by atoms with Gasteiger partial charge in [0.05, 0.1) is 5.69 Å². The summed E-state index contributed by atoms with van der Waals surface area (Å²) in [5.41, 5.74) is 1.48. The molecule has 0 radical (unpaired) electrons. The number of rotatable bonds is 5. The van der Waals surface area contributed by atoms with E-state index >= 15 is 0 Å². The summed E-state index contributed by atoms with van der Waals surface area (Å²) in [6.07, 6.45) is 4.25. The van der Waals surface area contributed by atoms with E-state index in [-0.39, 0.29) is 10.4 Å². The fraction of sp³-hybridized carbons (Fsp3) is 0.444. The number of hydrogen-bond donors (Lipinski definition) is 1. The van der Waals surface area contributed by atoms with E-state index in [1.165, 1.54) is 6.42 Å². The van der Waals surface area contributed by atoms with Crippen LogP contribution in [0.25, 0.3) is 11.3 Å². The third kappa shape index (κ3) is 4.46. The van der Waals surface area contributed by atoms with Crippen molar-refractivity contribution in [2.24, 2.45) is 5.92 Å². The van der Waals surface area contributed by atoms with Crippen LogP contribution in [-0.4, -0.2) is 31.1 Å². The minimum Gasteiger partial charge on any atom is -0.352 e. The van der Waals surface area contributed by atoms with Crippen LogP contribution in [0.3, 0.4) is 0 Å². The van der Waals surface area contributed by atoms with Crippen molar-refractivity contribution >= 4 is 27.1 Å². The van der Waals surface area contributed by atoms with Crippen LogP contribution < -0.4 is 5.32 Å². The first kappa shape index (κ1) is 18.1. The van der Waals surface area contributed by atoms with E-state index in [0.717, 1.165) is 36.2 Å². The SMILES string of the molecule is CC1CCCCC1NC(=O)CS(=O)(=O)c1nc(-c2ccccc2)cs1. The maximum absolute atomic E-state index is 12.5. The van der Waals surface area contributed by atoms with Gasteiger partial charge in [-0.15, -0.1) is 11.3 Å². The lowest BCUT2D eigenvalue weighted by Gasteiger charge is -2.29. The first-order valence-corrected chi connectivity index (χ1v) is 11.0. The molecule has 1 aromatic carbocycles. The molecule has 1 aliphatic rings. The molecule has 2 aromatic rings. The fourth-order valence-electron chi connectivity index (χ4n) is 3.16. The Morgan fingerprint density at radius 1 is 1.24 bits per heavy atom. The van der Waals surface area contributed by atoms with E-state index in [0.29, 0.717) is 11.6 Å². The van der Waals surface area contributed by atoms with Gasteiger partial charge in [0.2, 0.25) is 20.1 Å². The summed E-state index contributed by atoms with van der Waals surface area (Å²) in [5, 5.41) is 4.60. The van der Waals surface area contributed by atoms with E-state index < -0.39 is 21.5 Å². The smallest absolute Gasteiger partial charge is 0.235 e. The van der Waals surface area contributed by atoms with Crippen molar-refractivity contribution in [2.45, 2.75) is 43.0 Å². The van der Waals surface area contributed by atoms with E-state index in [4.69, 9.17) is 0 Å². The summed E-state index contributed by atoms with van der Waals surface area (Å²) in [4.78, 5) is 16.4. The van der Waals surface area contributed by atoms with Crippen molar-refractivity contribution in [1.82, 2.24) is 10.3 Å². The van der Waals surface area contributed by atoms with Gasteiger partial charge in [0.15, 0.2) is 0 Å². The van der Waals surface area contributed by atoms with Crippen molar-refractivity contribution in [3.63, 3.8) is 0 Å². The number of aromatic nitrogens is 1. The van der Waals surface area contributed by atoms with Gasteiger partial charge in [0.25, 0.3) is 0 Å². The second-order valence-electron chi connectivity index (χ2n) is 6.56. The Balaban J connectivity index is 1.67. The number of carbonyl (C=O) groups is 1. The number of hydrogen-bond acceptors (Lipinski definition) is 5. The van der Waals surface area contributed by atoms with Gasteiger partial charge in [-0.3, -0.25) is 4.79 Å². The second-order valence-corrected chi connectivity index (χ2v) is 9.58. The summed E-state index contributed by atoms with van der Waals surface area (Å²) in [6, 6.07) is 9.48. The second kappa shape index (κ2) is 7.66. The molecule has 1 saturated carbocycles. The van der Waals surface area contributed by atoms with Gasteiger partial charge in [-0.2, -0.15) is 0 Å². The molecule has 1 aromatic heterocycles. The maximum atomic E-state index is 12.5. The summed E-state index contributed by atoms with van der Waals surface area (Å²) >= 11 is 1.06. The molecule has 1 heterocycles. The maximum Gasteiger partial charge on any atom is 0.235 e. The number of nitrogens with zero attached hydrogens (tertiary/aromatic N) is 1. The van der Waals surface area contributed by atoms with Gasteiger partial charge in [0, 0.05) is 17.0 Å². The Morgan fingerprint density at radius 2 is 1.96 bits per heavy atom. The predicted octanol–water partition coefficient (Wildman–Crippen LogP) is 3.28. The quantitative estimate of drug-likeness (QED) is 0.866. The van der Waals surface area contributed by atoms with Gasteiger partial charge in [-0.25, -0.2) is 13.4 Å². The number of amides is 1. The highest BCUT2D eigenvalue weighted by atomic mass is 32.2. The Kier molecular flexibility index (Phi) is 5.54. The highest BCUT2D eigenvalue weighted by Gasteiger charge is 2.27. The molecular formula is C18H22N2O3S2. The number of sulfone groups is 1. The topological polar surface area (TPSA) is 76.1 Å². The van der Waals surface area contributed by atoms with Gasteiger partial charge in [-0.1, -0.05) is 50.1 Å². The van der Waals surface area contributed by atoms with Crippen LogP contribution in [0.5, 0.6) is 0 Å². The average Bonchev–Trinajstić information content (AvgIpc) is 3.08. The van der Waals surface area contributed by atoms with Crippen LogP contribution in [-0.2, 0) is 14.6 Å². The number of thiazole rings is 1. The molecule has 1 fully saturated rings. The molecule has 1 N–H and O–H groups in total. The third-order valence-electron chi connectivity index (χ3n) is 4.60. The lowest BCUT2D eigenvalue weighted by atomic mass is 9.86. The zero-order valence-electron chi connectivity index (χ0n) is 14.1. The summed E-state index contributed by atoms with van der Waals surface area (Å²) in [5.74, 6) is -0.585. The molecule has 0 aliphatic heterocycles. The highest BCUT2D eigenvalue weighted by molar-refractivity contribution is 7.94. The van der Waals surface area contributed by atoms with E-state index in [9.17, 15) is 13.2 Å². The van der Waals surface area contributed by atoms with Crippen molar-refractivity contribution in [3.8, 4) is 11.3 Å². The molecule has 7 heteroatoms. The number of carbonyl (C=O) groups excluding carboxylic acids is 1. The molecule has 1 amide bonds. The normalized spacial score (nSPS) is 21.0. The summed E-state index contributed by atoms with van der Waals surface area (Å²) in [6.45, 7) is 2.10. The molecule has 2 atom stereocenters. The molecule has 1 aliphatic carbocycles. The largest absolute Gasteiger partial charge is 0.352 e. The van der Waals surface area contributed by atoms with Crippen molar-refractivity contribution in [1.29, 1.82) is 0 Å². The minimum atomic E-state index is -3.72. The molecule has 0 saturated heterocycles. The summed E-state index contributed by atoms with van der Waals surface area (Å²) < 4.78 is 25.0. The highest BCUT2D eigenvalue weighted by Crippen LogP contribution is 2.26. The van der Waals surface area contributed by atoms with Crippen LogP contribution in [0.4, 0.5) is 0 Å². The van der Waals surface area contributed by atoms with Crippen molar-refractivity contribution < 1.29 is 13.2 Å². The molecule has 25 heavy (non-hydrogen) atoms. The van der Waals surface area contributed by atoms with Crippen LogP contribution in [0.2, 0.25) is 0 Å². The van der Waals surface area contributed by atoms with Crippen molar-refractivity contribution in [2.75, 3.05) is 5.75 Å². The first-order chi connectivity index (χ1) is 12.0. The Morgan fingerprint density at radius 3 is 2.68 bits per heavy atom. The van der Waals surface area contributed by atoms with E-state index in [1.54, 1.807) is 5.38 Å². The van der Waals surface area contributed by atoms with E-state index in [2.05, 4.69) is 17.2 Å². The molecule has 3 rings (SSSR count). The van der Waals surface area contributed by atoms with Crippen LogP contribution in [0.1, 0.15) is 32.6 Å². The number of nitrogens with one attached hydrogen (secondary N) is 1. The average molecular weight is 379 g/mol. The number of benzene rings is 1. The Hall–Kier alpha value is -1.73. The van der Waals surface area contributed by atoms with Gasteiger partial charge < -0.3 is 5.32 Å². The Bertz CT molecular complexity index is 831. The zero-order chi connectivity index (χ0) is 17.9. The minimum absolute atomic E-state index is 0.00167. The lowest BCUT2D eigenvalue weighted by Crippen LogP contribution is -2.43. The lowest BCUT2D eigenvalue weighted by molar-refractivity contribution is -0.119. The van der Waals surface area contributed by atoms with Crippen LogP contribution in [0.15, 0.2) is 40.1 Å². The third-order valence-corrected chi connectivity index (χ3v) is 7.55. The predicted molar refractivity (Wildman–Crippen MR) is 99.2 cm³/mol. The van der Waals surface area contributed by atoms with Gasteiger partial charge >= 0.3 is 0 Å². The molecule has 0 bridgehead atoms. The molecule has 0 spiro atoms. The fourth-order valence-corrected chi connectivity index (χ4v) is 5.40. The van der Waals surface area contributed by atoms with E-state index in [1.807, 2.05) is 30.3 Å². The standard InChI is InChI=1S/C18H22N2O3S2/c1-13-7-5-6-10-15(13)19-17(21)12-25(22,23)18-20-16(11-24-18)14-8-3-2-4-9-14/h2-4,8-9,11,13,15H,5-7,10,12H2,1H3,(H,19,21). The molecular weight excluding hydrogens is 356 g/mol.